The van der Waals surface area contributed by atoms with E-state index >= 15 is 0 Å². The number of halogens is 1. The van der Waals surface area contributed by atoms with E-state index in [0.29, 0.717) is 23.7 Å². The Morgan fingerprint density at radius 3 is 2.62 bits per heavy atom. The van der Waals surface area contributed by atoms with E-state index in [4.69, 9.17) is 16.1 Å². The monoisotopic (exact) mass is 349 g/mol. The first-order valence-electron chi connectivity index (χ1n) is 7.72. The highest BCUT2D eigenvalue weighted by molar-refractivity contribution is 6.30. The fourth-order valence-electron chi connectivity index (χ4n) is 2.24. The number of nitrogens with one attached hydrogen (secondary N) is 1. The largest absolute Gasteiger partial charge is 0.360 e. The van der Waals surface area contributed by atoms with Gasteiger partial charge in [0.2, 0.25) is 11.8 Å². The number of benzene rings is 1. The lowest BCUT2D eigenvalue weighted by Gasteiger charge is -2.24. The van der Waals surface area contributed by atoms with Crippen molar-refractivity contribution in [2.75, 3.05) is 18.4 Å². The van der Waals surface area contributed by atoms with Gasteiger partial charge in [0.05, 0.1) is 6.54 Å². The van der Waals surface area contributed by atoms with Crippen LogP contribution in [0.4, 0.5) is 5.82 Å². The second-order valence-corrected chi connectivity index (χ2v) is 5.84. The molecule has 0 fully saturated rings. The number of hydrogen-bond acceptors (Lipinski definition) is 4. The Labute approximate surface area is 145 Å². The maximum Gasteiger partial charge on any atom is 0.245 e. The van der Waals surface area contributed by atoms with Crippen LogP contribution in [0.15, 0.2) is 40.9 Å². The molecule has 2 amide bonds. The van der Waals surface area contributed by atoms with Crippen molar-refractivity contribution < 1.29 is 14.1 Å². The van der Waals surface area contributed by atoms with Gasteiger partial charge in [0, 0.05) is 12.6 Å². The first kappa shape index (κ1) is 18.0. The molecule has 1 aromatic carbocycles. The molecule has 1 aromatic heterocycles. The van der Waals surface area contributed by atoms with Crippen molar-refractivity contribution in [3.63, 3.8) is 0 Å². The lowest BCUT2D eigenvalue weighted by Crippen LogP contribution is -2.40. The van der Waals surface area contributed by atoms with E-state index in [2.05, 4.69) is 10.5 Å². The van der Waals surface area contributed by atoms with Crippen LogP contribution < -0.4 is 5.32 Å². The topological polar surface area (TPSA) is 75.4 Å². The summed E-state index contributed by atoms with van der Waals surface area (Å²) in [4.78, 5) is 26.2. The molecule has 0 aliphatic carbocycles. The SMILES string of the molecule is CCCN(CC(=O)Nc1cc(C)on1)C(=O)C(Cl)c1ccccc1. The summed E-state index contributed by atoms with van der Waals surface area (Å²) in [6, 6.07) is 10.7. The van der Waals surface area contributed by atoms with Gasteiger partial charge in [0.15, 0.2) is 5.82 Å². The van der Waals surface area contributed by atoms with E-state index in [1.807, 2.05) is 25.1 Å². The minimum atomic E-state index is -0.820. The van der Waals surface area contributed by atoms with Gasteiger partial charge in [-0.15, -0.1) is 11.6 Å². The van der Waals surface area contributed by atoms with E-state index in [-0.39, 0.29) is 18.4 Å². The van der Waals surface area contributed by atoms with Gasteiger partial charge in [-0.2, -0.15) is 0 Å². The van der Waals surface area contributed by atoms with Gasteiger partial charge in [-0.3, -0.25) is 9.59 Å². The fourth-order valence-corrected chi connectivity index (χ4v) is 2.53. The van der Waals surface area contributed by atoms with E-state index in [0.717, 1.165) is 6.42 Å². The fraction of sp³-hybridized carbons (Fsp3) is 0.353. The molecule has 0 bridgehead atoms. The second kappa shape index (κ2) is 8.49. The molecular formula is C17H20ClN3O3. The molecule has 0 saturated carbocycles. The lowest BCUT2D eigenvalue weighted by atomic mass is 10.1. The average molecular weight is 350 g/mol. The van der Waals surface area contributed by atoms with Crippen LogP contribution in [-0.4, -0.2) is 35.0 Å². The smallest absolute Gasteiger partial charge is 0.245 e. The standard InChI is InChI=1S/C17H20ClN3O3/c1-3-9-21(11-15(22)19-14-10-12(2)24-20-14)17(23)16(18)13-7-5-4-6-8-13/h4-8,10,16H,3,9,11H2,1-2H3,(H,19,20,22). The van der Waals surface area contributed by atoms with E-state index < -0.39 is 5.38 Å². The van der Waals surface area contributed by atoms with Crippen molar-refractivity contribution in [1.29, 1.82) is 0 Å². The minimum Gasteiger partial charge on any atom is -0.360 e. The van der Waals surface area contributed by atoms with Crippen molar-refractivity contribution in [2.24, 2.45) is 0 Å². The van der Waals surface area contributed by atoms with Crippen molar-refractivity contribution >= 4 is 29.2 Å². The maximum atomic E-state index is 12.6. The normalized spacial score (nSPS) is 11.8. The summed E-state index contributed by atoms with van der Waals surface area (Å²) in [5.41, 5.74) is 0.706. The van der Waals surface area contributed by atoms with Crippen molar-refractivity contribution in [3.8, 4) is 0 Å². The molecular weight excluding hydrogens is 330 g/mol. The van der Waals surface area contributed by atoms with Crippen LogP contribution in [0.2, 0.25) is 0 Å². The highest BCUT2D eigenvalue weighted by atomic mass is 35.5. The van der Waals surface area contributed by atoms with Crippen LogP contribution >= 0.6 is 11.6 Å². The second-order valence-electron chi connectivity index (χ2n) is 5.40. The molecule has 1 N–H and O–H groups in total. The molecule has 7 heteroatoms. The molecule has 128 valence electrons. The van der Waals surface area contributed by atoms with E-state index in [1.165, 1.54) is 4.90 Å². The Kier molecular flexibility index (Phi) is 6.37. The summed E-state index contributed by atoms with van der Waals surface area (Å²) in [5.74, 6) is 0.279. The lowest BCUT2D eigenvalue weighted by molar-refractivity contribution is -0.134. The number of hydrogen-bond donors (Lipinski definition) is 1. The third-order valence-electron chi connectivity index (χ3n) is 3.34. The van der Waals surface area contributed by atoms with Gasteiger partial charge in [0.1, 0.15) is 11.1 Å². The molecule has 1 atom stereocenters. The zero-order valence-corrected chi connectivity index (χ0v) is 14.4. The highest BCUT2D eigenvalue weighted by Gasteiger charge is 2.25. The van der Waals surface area contributed by atoms with Crippen LogP contribution in [0, 0.1) is 6.92 Å². The number of amides is 2. The first-order valence-corrected chi connectivity index (χ1v) is 8.16. The number of anilines is 1. The third kappa shape index (κ3) is 4.83. The van der Waals surface area contributed by atoms with Gasteiger partial charge >= 0.3 is 0 Å². The van der Waals surface area contributed by atoms with Crippen molar-refractivity contribution in [1.82, 2.24) is 10.1 Å². The summed E-state index contributed by atoms with van der Waals surface area (Å²) in [7, 11) is 0. The molecule has 0 saturated heterocycles. The van der Waals surface area contributed by atoms with Gasteiger partial charge in [0.25, 0.3) is 0 Å². The van der Waals surface area contributed by atoms with Crippen molar-refractivity contribution in [2.45, 2.75) is 25.6 Å². The van der Waals surface area contributed by atoms with Gasteiger partial charge in [-0.05, 0) is 18.9 Å². The number of alkyl halides is 1. The van der Waals surface area contributed by atoms with Crippen molar-refractivity contribution in [3.05, 3.63) is 47.7 Å². The molecule has 0 spiro atoms. The van der Waals surface area contributed by atoms with E-state index in [1.54, 1.807) is 25.1 Å². The minimum absolute atomic E-state index is 0.0887. The van der Waals surface area contributed by atoms with E-state index in [9.17, 15) is 9.59 Å². The zero-order chi connectivity index (χ0) is 17.5. The highest BCUT2D eigenvalue weighted by Crippen LogP contribution is 2.23. The third-order valence-corrected chi connectivity index (χ3v) is 3.78. The molecule has 1 unspecified atom stereocenters. The van der Waals surface area contributed by atoms with Crippen LogP contribution in [0.5, 0.6) is 0 Å². The maximum absolute atomic E-state index is 12.6. The molecule has 24 heavy (non-hydrogen) atoms. The average Bonchev–Trinajstić information content (AvgIpc) is 2.98. The number of carbonyl (C=O) groups is 2. The quantitative estimate of drug-likeness (QED) is 0.779. The Hall–Kier alpha value is -2.34. The Balaban J connectivity index is 2.02. The number of nitrogens with zero attached hydrogens (tertiary/aromatic N) is 2. The van der Waals surface area contributed by atoms with Crippen LogP contribution in [0.25, 0.3) is 0 Å². The first-order chi connectivity index (χ1) is 11.5. The molecule has 0 aliphatic rings. The number of carbonyl (C=O) groups excluding carboxylic acids is 2. The Morgan fingerprint density at radius 2 is 2.04 bits per heavy atom. The molecule has 2 rings (SSSR count). The van der Waals surface area contributed by atoms with Crippen LogP contribution in [0.1, 0.15) is 30.0 Å². The van der Waals surface area contributed by atoms with Gasteiger partial charge < -0.3 is 14.7 Å². The molecule has 6 nitrogen and oxygen atoms in total. The summed E-state index contributed by atoms with van der Waals surface area (Å²) >= 11 is 6.28. The number of rotatable bonds is 7. The molecule has 0 aliphatic heterocycles. The van der Waals surface area contributed by atoms with Gasteiger partial charge in [-0.1, -0.05) is 42.4 Å². The van der Waals surface area contributed by atoms with Crippen LogP contribution in [-0.2, 0) is 9.59 Å². The number of aromatic nitrogens is 1. The Morgan fingerprint density at radius 1 is 1.33 bits per heavy atom. The predicted molar refractivity (Wildman–Crippen MR) is 91.8 cm³/mol. The number of aryl methyl sites for hydroxylation is 1. The Bertz CT molecular complexity index is 687. The molecule has 0 radical (unpaired) electrons. The van der Waals surface area contributed by atoms with Gasteiger partial charge in [-0.25, -0.2) is 0 Å². The summed E-state index contributed by atoms with van der Waals surface area (Å²) in [6.07, 6.45) is 0.723. The predicted octanol–water partition coefficient (Wildman–Crippen LogP) is 3.14. The summed E-state index contributed by atoms with van der Waals surface area (Å²) < 4.78 is 4.90. The van der Waals surface area contributed by atoms with Crippen LogP contribution in [0.3, 0.4) is 0 Å². The summed E-state index contributed by atoms with van der Waals surface area (Å²) in [5, 5.41) is 5.48. The molecule has 1 heterocycles. The zero-order valence-electron chi connectivity index (χ0n) is 13.7. The molecule has 2 aromatic rings. The summed E-state index contributed by atoms with van der Waals surface area (Å²) in [6.45, 7) is 4.02.